The van der Waals surface area contributed by atoms with E-state index in [2.05, 4.69) is 6.42 Å². The lowest BCUT2D eigenvalue weighted by atomic mass is 10.1. The van der Waals surface area contributed by atoms with Crippen molar-refractivity contribution in [3.05, 3.63) is 6.42 Å². The molecule has 1 heterocycles. The Balaban J connectivity index is 1.91. The lowest BCUT2D eigenvalue weighted by Crippen LogP contribution is -2.06. The summed E-state index contributed by atoms with van der Waals surface area (Å²) in [6.07, 6.45) is 6.05. The molecule has 1 aliphatic heterocycles. The largest absolute Gasteiger partial charge is 0.385 e. The normalized spacial score (nSPS) is 25.5. The van der Waals surface area contributed by atoms with Gasteiger partial charge in [-0.1, -0.05) is 0 Å². The van der Waals surface area contributed by atoms with Gasteiger partial charge < -0.3 is 9.47 Å². The third kappa shape index (κ3) is 2.67. The average Bonchev–Trinajstić information content (AvgIpc) is 2.41. The summed E-state index contributed by atoms with van der Waals surface area (Å²) in [6.45, 7) is 1.76. The van der Waals surface area contributed by atoms with Crippen molar-refractivity contribution in [3.63, 3.8) is 0 Å². The molecule has 1 unspecified atom stereocenters. The van der Waals surface area contributed by atoms with Crippen LogP contribution in [-0.2, 0) is 9.47 Å². The summed E-state index contributed by atoms with van der Waals surface area (Å²) >= 11 is 0. The van der Waals surface area contributed by atoms with Gasteiger partial charge in [-0.15, -0.1) is 0 Å². The molecule has 1 atom stereocenters. The predicted octanol–water partition coefficient (Wildman–Crippen LogP) is 1.41. The monoisotopic (exact) mass is 143 g/mol. The summed E-state index contributed by atoms with van der Waals surface area (Å²) in [6, 6.07) is 0. The molecule has 2 heteroatoms. The van der Waals surface area contributed by atoms with Crippen LogP contribution in [0.2, 0.25) is 0 Å². The van der Waals surface area contributed by atoms with Crippen molar-refractivity contribution in [3.8, 4) is 0 Å². The van der Waals surface area contributed by atoms with Crippen LogP contribution < -0.4 is 0 Å². The van der Waals surface area contributed by atoms with Crippen LogP contribution in [0.4, 0.5) is 0 Å². The fourth-order valence-electron chi connectivity index (χ4n) is 1.16. The molecule has 0 aromatic rings. The van der Waals surface area contributed by atoms with Crippen LogP contribution in [0.3, 0.4) is 0 Å². The highest BCUT2D eigenvalue weighted by molar-refractivity contribution is 4.79. The van der Waals surface area contributed by atoms with Crippen LogP contribution in [0.25, 0.3) is 0 Å². The molecule has 1 radical (unpaired) electrons. The third-order valence-electron chi connectivity index (χ3n) is 1.72. The fraction of sp³-hybridized carbons (Fsp3) is 0.875. The van der Waals surface area contributed by atoms with Crippen molar-refractivity contribution >= 4 is 0 Å². The summed E-state index contributed by atoms with van der Waals surface area (Å²) < 4.78 is 10.3. The van der Waals surface area contributed by atoms with Crippen molar-refractivity contribution in [2.24, 2.45) is 0 Å². The van der Waals surface area contributed by atoms with Crippen molar-refractivity contribution < 1.29 is 9.47 Å². The lowest BCUT2D eigenvalue weighted by molar-refractivity contribution is 0.124. The molecule has 1 saturated heterocycles. The van der Waals surface area contributed by atoms with E-state index >= 15 is 0 Å². The van der Waals surface area contributed by atoms with Gasteiger partial charge in [-0.2, -0.15) is 0 Å². The van der Waals surface area contributed by atoms with E-state index < -0.39 is 0 Å². The summed E-state index contributed by atoms with van der Waals surface area (Å²) in [5.41, 5.74) is 0. The van der Waals surface area contributed by atoms with Crippen molar-refractivity contribution in [2.45, 2.75) is 25.4 Å². The Hall–Kier alpha value is -0.0800. The number of hydrogen-bond donors (Lipinski definition) is 0. The van der Waals surface area contributed by atoms with Crippen LogP contribution in [-0.4, -0.2) is 26.4 Å². The van der Waals surface area contributed by atoms with E-state index in [9.17, 15) is 0 Å². The molecule has 0 amide bonds. The Bertz CT molecular complexity index is 77.3. The molecule has 1 rings (SSSR count). The van der Waals surface area contributed by atoms with Gasteiger partial charge in [-0.3, -0.25) is 0 Å². The van der Waals surface area contributed by atoms with Gasteiger partial charge in [-0.05, 0) is 25.7 Å². The Morgan fingerprint density at radius 2 is 2.60 bits per heavy atom. The van der Waals surface area contributed by atoms with Crippen LogP contribution in [0, 0.1) is 6.42 Å². The first-order valence-corrected chi connectivity index (χ1v) is 3.87. The number of hydrogen-bond acceptors (Lipinski definition) is 2. The summed E-state index contributed by atoms with van der Waals surface area (Å²) in [5.74, 6) is 0. The molecule has 0 aromatic heterocycles. The lowest BCUT2D eigenvalue weighted by Gasteiger charge is -2.06. The van der Waals surface area contributed by atoms with E-state index in [1.807, 2.05) is 0 Å². The first-order valence-electron chi connectivity index (χ1n) is 3.87. The quantitative estimate of drug-likeness (QED) is 0.554. The maximum Gasteiger partial charge on any atom is 0.0608 e. The van der Waals surface area contributed by atoms with E-state index in [-0.39, 0.29) is 0 Å². The number of ether oxygens (including phenoxy) is 2. The van der Waals surface area contributed by atoms with Crippen LogP contribution >= 0.6 is 0 Å². The van der Waals surface area contributed by atoms with Crippen molar-refractivity contribution in [1.29, 1.82) is 0 Å². The van der Waals surface area contributed by atoms with Crippen LogP contribution in [0.15, 0.2) is 0 Å². The standard InChI is InChI=1S/C8H15O2/c1-9-6-2-4-8-5-3-7-10-8/h4,8H,2-3,5-7H2,1H3. The highest BCUT2D eigenvalue weighted by Crippen LogP contribution is 2.15. The smallest absolute Gasteiger partial charge is 0.0608 e. The van der Waals surface area contributed by atoms with E-state index in [1.165, 1.54) is 12.8 Å². The highest BCUT2D eigenvalue weighted by atomic mass is 16.5. The van der Waals surface area contributed by atoms with Gasteiger partial charge in [0.15, 0.2) is 0 Å². The highest BCUT2D eigenvalue weighted by Gasteiger charge is 2.14. The molecule has 0 N–H and O–H groups in total. The summed E-state index contributed by atoms with van der Waals surface area (Å²) in [7, 11) is 1.73. The first kappa shape index (κ1) is 8.02. The average molecular weight is 143 g/mol. The van der Waals surface area contributed by atoms with Gasteiger partial charge in [0.25, 0.3) is 0 Å². The van der Waals surface area contributed by atoms with Gasteiger partial charge in [0.1, 0.15) is 0 Å². The molecule has 0 saturated carbocycles. The SMILES string of the molecule is COCC[CH]C1CCCO1. The molecule has 2 nitrogen and oxygen atoms in total. The maximum atomic E-state index is 5.39. The second kappa shape index (κ2) is 4.69. The molecule has 1 aliphatic rings. The second-order valence-electron chi connectivity index (χ2n) is 2.57. The van der Waals surface area contributed by atoms with Crippen molar-refractivity contribution in [2.75, 3.05) is 20.3 Å². The molecule has 10 heavy (non-hydrogen) atoms. The van der Waals surface area contributed by atoms with Gasteiger partial charge >= 0.3 is 0 Å². The molecule has 1 fully saturated rings. The van der Waals surface area contributed by atoms with Gasteiger partial charge in [0.05, 0.1) is 6.10 Å². The number of methoxy groups -OCH3 is 1. The Morgan fingerprint density at radius 1 is 1.70 bits per heavy atom. The van der Waals surface area contributed by atoms with Gasteiger partial charge in [-0.25, -0.2) is 0 Å². The Kier molecular flexibility index (Phi) is 3.76. The molecule has 0 aliphatic carbocycles. The fourth-order valence-corrected chi connectivity index (χ4v) is 1.16. The van der Waals surface area contributed by atoms with Crippen LogP contribution in [0.5, 0.6) is 0 Å². The Morgan fingerprint density at radius 3 is 3.20 bits per heavy atom. The summed E-state index contributed by atoms with van der Waals surface area (Å²) in [5, 5.41) is 0. The van der Waals surface area contributed by atoms with Crippen LogP contribution in [0.1, 0.15) is 19.3 Å². The Labute approximate surface area is 62.5 Å². The molecular formula is C8H15O2. The van der Waals surface area contributed by atoms with E-state index in [1.54, 1.807) is 7.11 Å². The van der Waals surface area contributed by atoms with E-state index in [0.717, 1.165) is 19.6 Å². The zero-order chi connectivity index (χ0) is 7.23. The molecule has 0 spiro atoms. The predicted molar refractivity (Wildman–Crippen MR) is 39.8 cm³/mol. The zero-order valence-electron chi connectivity index (χ0n) is 6.51. The summed E-state index contributed by atoms with van der Waals surface area (Å²) in [4.78, 5) is 0. The second-order valence-corrected chi connectivity index (χ2v) is 2.57. The molecular weight excluding hydrogens is 128 g/mol. The van der Waals surface area contributed by atoms with Crippen molar-refractivity contribution in [1.82, 2.24) is 0 Å². The molecule has 59 valence electrons. The third-order valence-corrected chi connectivity index (χ3v) is 1.72. The van der Waals surface area contributed by atoms with E-state index in [4.69, 9.17) is 9.47 Å². The minimum absolute atomic E-state index is 0.412. The van der Waals surface area contributed by atoms with Gasteiger partial charge in [0, 0.05) is 20.3 Å². The number of rotatable bonds is 4. The minimum Gasteiger partial charge on any atom is -0.385 e. The van der Waals surface area contributed by atoms with Gasteiger partial charge in [0.2, 0.25) is 0 Å². The van der Waals surface area contributed by atoms with E-state index in [0.29, 0.717) is 6.10 Å². The molecule has 0 bridgehead atoms. The zero-order valence-corrected chi connectivity index (χ0v) is 6.51. The first-order chi connectivity index (χ1) is 4.93. The molecule has 0 aromatic carbocycles. The maximum absolute atomic E-state index is 5.39. The topological polar surface area (TPSA) is 18.5 Å². The minimum atomic E-state index is 0.412.